The van der Waals surface area contributed by atoms with Crippen LogP contribution < -0.4 is 5.32 Å². The van der Waals surface area contributed by atoms with Crippen molar-refractivity contribution in [3.8, 4) is 0 Å². The molecule has 1 aliphatic rings. The molecule has 17 heavy (non-hydrogen) atoms. The smallest absolute Gasteiger partial charge is 0.0558 e. The van der Waals surface area contributed by atoms with Crippen molar-refractivity contribution >= 4 is 0 Å². The molecule has 4 heteroatoms. The normalized spacial score (nSPS) is 20.3. The fourth-order valence-electron chi connectivity index (χ4n) is 2.46. The first-order chi connectivity index (χ1) is 8.36. The van der Waals surface area contributed by atoms with Crippen LogP contribution in [0.2, 0.25) is 0 Å². The molecule has 0 aromatic heterocycles. The predicted molar refractivity (Wildman–Crippen MR) is 70.1 cm³/mol. The Labute approximate surface area is 105 Å². The molecule has 0 aliphatic carbocycles. The number of hydrogen-bond acceptors (Lipinski definition) is 4. The maximum absolute atomic E-state index is 9.06. The van der Waals surface area contributed by atoms with E-state index >= 15 is 0 Å². The highest BCUT2D eigenvalue weighted by atomic mass is 16.3. The van der Waals surface area contributed by atoms with Gasteiger partial charge in [-0.05, 0) is 38.8 Å². The number of hydrogen-bond donors (Lipinski definition) is 3. The molecule has 1 atom stereocenters. The van der Waals surface area contributed by atoms with Crippen molar-refractivity contribution in [2.24, 2.45) is 0 Å². The van der Waals surface area contributed by atoms with Crippen LogP contribution in [0.3, 0.4) is 0 Å². The highest BCUT2D eigenvalue weighted by Crippen LogP contribution is 2.08. The van der Waals surface area contributed by atoms with Crippen LogP contribution in [0.25, 0.3) is 0 Å². The van der Waals surface area contributed by atoms with Crippen LogP contribution in [0, 0.1) is 0 Å². The molecular weight excluding hydrogens is 216 g/mol. The third-order valence-electron chi connectivity index (χ3n) is 3.44. The van der Waals surface area contributed by atoms with E-state index in [-0.39, 0.29) is 6.61 Å². The van der Waals surface area contributed by atoms with Crippen LogP contribution in [0.1, 0.15) is 38.5 Å². The third-order valence-corrected chi connectivity index (χ3v) is 3.44. The lowest BCUT2D eigenvalue weighted by Crippen LogP contribution is -2.39. The Hall–Kier alpha value is -0.160. The Morgan fingerprint density at radius 1 is 1.00 bits per heavy atom. The largest absolute Gasteiger partial charge is 0.396 e. The summed E-state index contributed by atoms with van der Waals surface area (Å²) in [5.74, 6) is 0. The molecule has 1 fully saturated rings. The summed E-state index contributed by atoms with van der Waals surface area (Å²) in [6.45, 7) is 4.65. The van der Waals surface area contributed by atoms with E-state index in [2.05, 4.69) is 10.2 Å². The zero-order chi connectivity index (χ0) is 12.3. The molecule has 1 rings (SSSR count). The van der Waals surface area contributed by atoms with E-state index in [1.165, 1.54) is 25.7 Å². The summed E-state index contributed by atoms with van der Waals surface area (Å²) in [7, 11) is 0. The lowest BCUT2D eigenvalue weighted by atomic mass is 10.1. The van der Waals surface area contributed by atoms with Gasteiger partial charge >= 0.3 is 0 Å². The van der Waals surface area contributed by atoms with Crippen molar-refractivity contribution in [2.75, 3.05) is 39.4 Å². The molecule has 1 aliphatic heterocycles. The van der Waals surface area contributed by atoms with Crippen molar-refractivity contribution in [2.45, 2.75) is 44.6 Å². The van der Waals surface area contributed by atoms with Gasteiger partial charge in [0.15, 0.2) is 0 Å². The summed E-state index contributed by atoms with van der Waals surface area (Å²) in [5, 5.41) is 21.3. The standard InChI is InChI=1S/C13H28N2O2/c16-10-4-2-1-3-8-15(9-11-17)12-13-6-5-7-14-13/h13-14,16-17H,1-12H2. The van der Waals surface area contributed by atoms with Crippen molar-refractivity contribution in [3.05, 3.63) is 0 Å². The molecule has 0 aromatic rings. The molecule has 0 amide bonds. The molecule has 0 aromatic carbocycles. The van der Waals surface area contributed by atoms with Crippen LogP contribution in [-0.2, 0) is 0 Å². The monoisotopic (exact) mass is 244 g/mol. The maximum Gasteiger partial charge on any atom is 0.0558 e. The van der Waals surface area contributed by atoms with Gasteiger partial charge in [-0.25, -0.2) is 0 Å². The van der Waals surface area contributed by atoms with Gasteiger partial charge in [-0.2, -0.15) is 0 Å². The van der Waals surface area contributed by atoms with Gasteiger partial charge in [0.1, 0.15) is 0 Å². The van der Waals surface area contributed by atoms with E-state index < -0.39 is 0 Å². The topological polar surface area (TPSA) is 55.7 Å². The van der Waals surface area contributed by atoms with Gasteiger partial charge in [-0.15, -0.1) is 0 Å². The molecule has 0 bridgehead atoms. The first-order valence-electron chi connectivity index (χ1n) is 7.04. The average molecular weight is 244 g/mol. The summed E-state index contributed by atoms with van der Waals surface area (Å²) >= 11 is 0. The SMILES string of the molecule is OCCCCCCN(CCO)CC1CCCN1. The second-order valence-corrected chi connectivity index (χ2v) is 4.96. The minimum atomic E-state index is 0.253. The number of nitrogens with zero attached hydrogens (tertiary/aromatic N) is 1. The number of unbranched alkanes of at least 4 members (excludes halogenated alkanes) is 3. The highest BCUT2D eigenvalue weighted by molar-refractivity contribution is 4.77. The molecule has 0 saturated carbocycles. The predicted octanol–water partition coefficient (Wildman–Crippen LogP) is 0.585. The van der Waals surface area contributed by atoms with Crippen LogP contribution in [0.4, 0.5) is 0 Å². The molecule has 0 spiro atoms. The molecular formula is C13H28N2O2. The molecule has 102 valence electrons. The van der Waals surface area contributed by atoms with Crippen LogP contribution in [-0.4, -0.2) is 60.5 Å². The number of aliphatic hydroxyl groups excluding tert-OH is 2. The Balaban J connectivity index is 2.08. The van der Waals surface area contributed by atoms with Gasteiger partial charge in [-0.1, -0.05) is 12.8 Å². The zero-order valence-corrected chi connectivity index (χ0v) is 10.9. The van der Waals surface area contributed by atoms with Gasteiger partial charge in [0.25, 0.3) is 0 Å². The summed E-state index contributed by atoms with van der Waals surface area (Å²) in [6.07, 6.45) is 6.95. The molecule has 0 radical (unpaired) electrons. The van der Waals surface area contributed by atoms with Gasteiger partial charge < -0.3 is 15.5 Å². The first-order valence-corrected chi connectivity index (χ1v) is 7.04. The lowest BCUT2D eigenvalue weighted by molar-refractivity contribution is 0.181. The Kier molecular flexibility index (Phi) is 8.61. The van der Waals surface area contributed by atoms with E-state index in [1.807, 2.05) is 0 Å². The second kappa shape index (κ2) is 9.83. The quantitative estimate of drug-likeness (QED) is 0.492. The minimum Gasteiger partial charge on any atom is -0.396 e. The molecule has 1 unspecified atom stereocenters. The fraction of sp³-hybridized carbons (Fsp3) is 1.00. The number of nitrogens with one attached hydrogen (secondary N) is 1. The summed E-state index contributed by atoms with van der Waals surface area (Å²) in [6, 6.07) is 0.624. The zero-order valence-electron chi connectivity index (χ0n) is 10.9. The molecule has 1 heterocycles. The van der Waals surface area contributed by atoms with Crippen molar-refractivity contribution in [1.82, 2.24) is 10.2 Å². The third kappa shape index (κ3) is 6.99. The summed E-state index contributed by atoms with van der Waals surface area (Å²) in [5.41, 5.74) is 0. The second-order valence-electron chi connectivity index (χ2n) is 4.96. The first kappa shape index (κ1) is 14.9. The number of rotatable bonds is 10. The maximum atomic E-state index is 9.06. The van der Waals surface area contributed by atoms with Crippen LogP contribution >= 0.6 is 0 Å². The van der Waals surface area contributed by atoms with Gasteiger partial charge in [-0.3, -0.25) is 4.90 Å². The van der Waals surface area contributed by atoms with Gasteiger partial charge in [0, 0.05) is 25.7 Å². The molecule has 4 nitrogen and oxygen atoms in total. The number of aliphatic hydroxyl groups is 2. The highest BCUT2D eigenvalue weighted by Gasteiger charge is 2.17. The van der Waals surface area contributed by atoms with Gasteiger partial charge in [0.05, 0.1) is 6.61 Å². The van der Waals surface area contributed by atoms with E-state index in [1.54, 1.807) is 0 Å². The minimum absolute atomic E-state index is 0.253. The molecule has 1 saturated heterocycles. The Morgan fingerprint density at radius 3 is 2.47 bits per heavy atom. The fourth-order valence-corrected chi connectivity index (χ4v) is 2.46. The summed E-state index contributed by atoms with van der Waals surface area (Å²) < 4.78 is 0. The van der Waals surface area contributed by atoms with Gasteiger partial charge in [0.2, 0.25) is 0 Å². The van der Waals surface area contributed by atoms with E-state index in [0.29, 0.717) is 12.6 Å². The molecule has 3 N–H and O–H groups in total. The Bertz CT molecular complexity index is 173. The van der Waals surface area contributed by atoms with E-state index in [9.17, 15) is 0 Å². The van der Waals surface area contributed by atoms with Crippen LogP contribution in [0.5, 0.6) is 0 Å². The Morgan fingerprint density at radius 2 is 1.82 bits per heavy atom. The summed E-state index contributed by atoms with van der Waals surface area (Å²) in [4.78, 5) is 2.36. The van der Waals surface area contributed by atoms with Crippen molar-refractivity contribution in [3.63, 3.8) is 0 Å². The van der Waals surface area contributed by atoms with Crippen molar-refractivity contribution in [1.29, 1.82) is 0 Å². The lowest BCUT2D eigenvalue weighted by Gasteiger charge is -2.24. The van der Waals surface area contributed by atoms with E-state index in [0.717, 1.165) is 39.0 Å². The van der Waals surface area contributed by atoms with E-state index in [4.69, 9.17) is 10.2 Å². The average Bonchev–Trinajstić information content (AvgIpc) is 2.82. The van der Waals surface area contributed by atoms with Crippen molar-refractivity contribution < 1.29 is 10.2 Å². The van der Waals surface area contributed by atoms with Crippen LogP contribution in [0.15, 0.2) is 0 Å².